The molecule has 0 aromatic carbocycles. The Hall–Kier alpha value is -0.0400. The molecule has 1 rings (SSSR count). The van der Waals surface area contributed by atoms with Gasteiger partial charge in [-0.05, 0) is 49.0 Å². The molecule has 0 saturated heterocycles. The maximum atomic E-state index is 3.70. The van der Waals surface area contributed by atoms with Crippen molar-refractivity contribution in [3.63, 3.8) is 0 Å². The lowest BCUT2D eigenvalue weighted by Gasteiger charge is -2.33. The van der Waals surface area contributed by atoms with Crippen LogP contribution in [-0.2, 0) is 0 Å². The first-order valence-corrected chi connectivity index (χ1v) is 7.54. The van der Waals surface area contributed by atoms with Crippen LogP contribution in [0.15, 0.2) is 0 Å². The fourth-order valence-electron chi connectivity index (χ4n) is 2.91. The van der Waals surface area contributed by atoms with E-state index in [1.54, 1.807) is 0 Å². The molecule has 1 nitrogen and oxygen atoms in total. The zero-order valence-electron chi connectivity index (χ0n) is 12.7. The van der Waals surface area contributed by atoms with E-state index in [0.717, 1.165) is 5.92 Å². The zero-order valence-corrected chi connectivity index (χ0v) is 12.7. The lowest BCUT2D eigenvalue weighted by Crippen LogP contribution is -2.34. The highest BCUT2D eigenvalue weighted by atomic mass is 14.9. The summed E-state index contributed by atoms with van der Waals surface area (Å²) >= 11 is 0. The second kappa shape index (κ2) is 6.22. The molecular weight excluding hydrogens is 206 g/mol. The molecule has 0 aliphatic heterocycles. The molecule has 17 heavy (non-hydrogen) atoms. The maximum Gasteiger partial charge on any atom is 0.000792 e. The molecule has 0 aromatic heterocycles. The van der Waals surface area contributed by atoms with Crippen molar-refractivity contribution in [3.05, 3.63) is 0 Å². The van der Waals surface area contributed by atoms with E-state index in [-0.39, 0.29) is 0 Å². The second-order valence-electron chi connectivity index (χ2n) is 7.79. The Morgan fingerprint density at radius 3 is 2.18 bits per heavy atom. The predicted octanol–water partition coefficient (Wildman–Crippen LogP) is 4.62. The summed E-state index contributed by atoms with van der Waals surface area (Å²) in [7, 11) is 0. The van der Waals surface area contributed by atoms with Crippen molar-refractivity contribution in [1.82, 2.24) is 5.32 Å². The number of rotatable bonds is 6. The van der Waals surface area contributed by atoms with Gasteiger partial charge >= 0.3 is 0 Å². The summed E-state index contributed by atoms with van der Waals surface area (Å²) in [5.41, 5.74) is 1.12. The molecule has 0 spiro atoms. The quantitative estimate of drug-likeness (QED) is 0.713. The molecule has 0 unspecified atom stereocenters. The molecule has 1 heteroatoms. The SMILES string of the molecule is CC(C)CNCC1(CCC(C)(C)C)CCCC1. The Morgan fingerprint density at radius 2 is 1.71 bits per heavy atom. The minimum atomic E-state index is 0.494. The first kappa shape index (κ1) is 15.0. The van der Waals surface area contributed by atoms with Gasteiger partial charge in [-0.25, -0.2) is 0 Å². The largest absolute Gasteiger partial charge is 0.316 e. The highest BCUT2D eigenvalue weighted by Gasteiger charge is 2.34. The van der Waals surface area contributed by atoms with Crippen LogP contribution in [0, 0.1) is 16.7 Å². The molecule has 0 heterocycles. The lowest BCUT2D eigenvalue weighted by molar-refractivity contribution is 0.207. The van der Waals surface area contributed by atoms with Crippen LogP contribution in [0.25, 0.3) is 0 Å². The van der Waals surface area contributed by atoms with Crippen molar-refractivity contribution < 1.29 is 0 Å². The van der Waals surface area contributed by atoms with E-state index in [4.69, 9.17) is 0 Å². The van der Waals surface area contributed by atoms with Gasteiger partial charge in [-0.1, -0.05) is 47.5 Å². The topological polar surface area (TPSA) is 12.0 Å². The smallest absolute Gasteiger partial charge is 0.000792 e. The summed E-state index contributed by atoms with van der Waals surface area (Å²) in [5, 5.41) is 3.70. The van der Waals surface area contributed by atoms with Crippen molar-refractivity contribution in [2.24, 2.45) is 16.7 Å². The second-order valence-corrected chi connectivity index (χ2v) is 7.79. The normalized spacial score (nSPS) is 20.1. The van der Waals surface area contributed by atoms with E-state index in [9.17, 15) is 0 Å². The van der Waals surface area contributed by atoms with E-state index >= 15 is 0 Å². The van der Waals surface area contributed by atoms with Crippen LogP contribution in [0.5, 0.6) is 0 Å². The summed E-state index contributed by atoms with van der Waals surface area (Å²) in [4.78, 5) is 0. The van der Waals surface area contributed by atoms with Gasteiger partial charge in [0, 0.05) is 6.54 Å². The Labute approximate surface area is 109 Å². The minimum Gasteiger partial charge on any atom is -0.316 e. The first-order chi connectivity index (χ1) is 7.83. The molecule has 0 atom stereocenters. The Bertz CT molecular complexity index is 206. The standard InChI is InChI=1S/C16H33N/c1-14(2)12-17-13-16(8-6-7-9-16)11-10-15(3,4)5/h14,17H,6-13H2,1-5H3. The van der Waals surface area contributed by atoms with Gasteiger partial charge in [-0.15, -0.1) is 0 Å². The number of nitrogens with one attached hydrogen (secondary N) is 1. The van der Waals surface area contributed by atoms with Gasteiger partial charge in [0.05, 0.1) is 0 Å². The third-order valence-electron chi connectivity index (χ3n) is 4.12. The molecule has 1 fully saturated rings. The first-order valence-electron chi connectivity index (χ1n) is 7.54. The highest BCUT2D eigenvalue weighted by molar-refractivity contribution is 4.87. The molecule has 1 N–H and O–H groups in total. The van der Waals surface area contributed by atoms with Crippen molar-refractivity contribution >= 4 is 0 Å². The molecule has 0 aromatic rings. The summed E-state index contributed by atoms with van der Waals surface area (Å²) in [5.74, 6) is 0.774. The third-order valence-corrected chi connectivity index (χ3v) is 4.12. The summed E-state index contributed by atoms with van der Waals surface area (Å²) < 4.78 is 0. The van der Waals surface area contributed by atoms with Crippen LogP contribution in [0.3, 0.4) is 0 Å². The summed E-state index contributed by atoms with van der Waals surface area (Å²) in [6, 6.07) is 0. The van der Waals surface area contributed by atoms with Crippen LogP contribution < -0.4 is 5.32 Å². The van der Waals surface area contributed by atoms with Gasteiger partial charge in [0.2, 0.25) is 0 Å². The van der Waals surface area contributed by atoms with Crippen molar-refractivity contribution in [2.75, 3.05) is 13.1 Å². The maximum absolute atomic E-state index is 3.70. The van der Waals surface area contributed by atoms with Gasteiger partial charge in [-0.3, -0.25) is 0 Å². The predicted molar refractivity (Wildman–Crippen MR) is 77.3 cm³/mol. The fraction of sp³-hybridized carbons (Fsp3) is 1.00. The van der Waals surface area contributed by atoms with Crippen LogP contribution in [0.2, 0.25) is 0 Å². The Kier molecular flexibility index (Phi) is 5.50. The molecule has 0 amide bonds. The average Bonchev–Trinajstić information content (AvgIpc) is 2.63. The summed E-state index contributed by atoms with van der Waals surface area (Å²) in [6.45, 7) is 14.1. The van der Waals surface area contributed by atoms with Crippen LogP contribution in [-0.4, -0.2) is 13.1 Å². The van der Waals surface area contributed by atoms with Gasteiger partial charge in [0.25, 0.3) is 0 Å². The monoisotopic (exact) mass is 239 g/mol. The molecular formula is C16H33N. The Morgan fingerprint density at radius 1 is 1.12 bits per heavy atom. The van der Waals surface area contributed by atoms with Crippen LogP contribution >= 0.6 is 0 Å². The molecule has 1 aliphatic carbocycles. The van der Waals surface area contributed by atoms with E-state index < -0.39 is 0 Å². The van der Waals surface area contributed by atoms with Crippen LogP contribution in [0.4, 0.5) is 0 Å². The van der Waals surface area contributed by atoms with Crippen LogP contribution in [0.1, 0.15) is 73.1 Å². The molecule has 102 valence electrons. The minimum absolute atomic E-state index is 0.494. The van der Waals surface area contributed by atoms with E-state index in [0.29, 0.717) is 10.8 Å². The lowest BCUT2D eigenvalue weighted by atomic mass is 9.76. The van der Waals surface area contributed by atoms with E-state index in [2.05, 4.69) is 39.9 Å². The summed E-state index contributed by atoms with van der Waals surface area (Å²) in [6.07, 6.45) is 8.60. The molecule has 0 bridgehead atoms. The van der Waals surface area contributed by atoms with Crippen molar-refractivity contribution in [1.29, 1.82) is 0 Å². The fourth-order valence-corrected chi connectivity index (χ4v) is 2.91. The van der Waals surface area contributed by atoms with Gasteiger partial charge in [0.1, 0.15) is 0 Å². The molecule has 1 saturated carbocycles. The Balaban J connectivity index is 2.39. The average molecular weight is 239 g/mol. The zero-order chi connectivity index (χ0) is 12.9. The highest BCUT2D eigenvalue weighted by Crippen LogP contribution is 2.43. The van der Waals surface area contributed by atoms with Gasteiger partial charge < -0.3 is 5.32 Å². The third kappa shape index (κ3) is 5.90. The van der Waals surface area contributed by atoms with Gasteiger partial charge in [-0.2, -0.15) is 0 Å². The number of hydrogen-bond acceptors (Lipinski definition) is 1. The van der Waals surface area contributed by atoms with Gasteiger partial charge in [0.15, 0.2) is 0 Å². The van der Waals surface area contributed by atoms with Crippen molar-refractivity contribution in [3.8, 4) is 0 Å². The molecule has 0 radical (unpaired) electrons. The van der Waals surface area contributed by atoms with Crippen molar-refractivity contribution in [2.45, 2.75) is 73.1 Å². The number of hydrogen-bond donors (Lipinski definition) is 1. The van der Waals surface area contributed by atoms with E-state index in [1.165, 1.54) is 51.6 Å². The molecule has 1 aliphatic rings. The van der Waals surface area contributed by atoms with E-state index in [1.807, 2.05) is 0 Å².